The minimum Gasteiger partial charge on any atom is -0.507 e. The third-order valence-corrected chi connectivity index (χ3v) is 6.32. The number of Topliss-reactive ketones (excluding diaryl/α,β-unsaturated/α-hetero) is 1. The Bertz CT molecular complexity index is 1240. The number of carbonyl (C=O) groups is 2. The minimum absolute atomic E-state index is 0.0633. The normalized spacial score (nSPS) is 21.3. The van der Waals surface area contributed by atoms with E-state index in [1.165, 1.54) is 11.2 Å². The predicted octanol–water partition coefficient (Wildman–Crippen LogP) is 4.79. The van der Waals surface area contributed by atoms with Crippen molar-refractivity contribution < 1.29 is 23.8 Å². The minimum atomic E-state index is -0.718. The number of nitrogens with zero attached hydrogens (tertiary/aromatic N) is 1. The highest BCUT2D eigenvalue weighted by atomic mass is 16.5. The Balaban J connectivity index is 1.62. The van der Waals surface area contributed by atoms with Gasteiger partial charge in [0.15, 0.2) is 0 Å². The zero-order valence-corrected chi connectivity index (χ0v) is 18.6. The van der Waals surface area contributed by atoms with Crippen molar-refractivity contribution in [1.29, 1.82) is 0 Å². The molecule has 2 aliphatic rings. The lowest BCUT2D eigenvalue weighted by molar-refractivity contribution is -0.140. The van der Waals surface area contributed by atoms with Crippen molar-refractivity contribution in [2.45, 2.75) is 45.4 Å². The first-order valence-electron chi connectivity index (χ1n) is 11.2. The largest absolute Gasteiger partial charge is 0.507 e. The average Bonchev–Trinajstić information content (AvgIpc) is 3.53. The summed E-state index contributed by atoms with van der Waals surface area (Å²) >= 11 is 0. The quantitative estimate of drug-likeness (QED) is 0.349. The topological polar surface area (TPSA) is 80.0 Å². The number of carbonyl (C=O) groups excluding carboxylic acids is 2. The van der Waals surface area contributed by atoms with Crippen molar-refractivity contribution >= 4 is 17.4 Å². The Morgan fingerprint density at radius 2 is 1.91 bits per heavy atom. The van der Waals surface area contributed by atoms with E-state index in [0.29, 0.717) is 11.3 Å². The number of ketones is 1. The number of aliphatic hydroxyl groups excluding tert-OH is 1. The first kappa shape index (κ1) is 21.1. The monoisotopic (exact) mass is 443 g/mol. The summed E-state index contributed by atoms with van der Waals surface area (Å²) in [5, 5.41) is 11.3. The van der Waals surface area contributed by atoms with Crippen LogP contribution in [0.4, 0.5) is 0 Å². The number of hydrogen-bond acceptors (Lipinski definition) is 5. The standard InChI is InChI=1S/C27H25NO5/c1-3-17-6-8-18(9-7-17)24-23(26(30)27(31)28(24)15-21-5-4-12-32-21)25(29)19-10-11-22-20(14-19)13-16(2)33-22/h4-12,14,16,24,29H,3,13,15H2,1-2H3. The van der Waals surface area contributed by atoms with Gasteiger partial charge < -0.3 is 19.2 Å². The van der Waals surface area contributed by atoms with Crippen molar-refractivity contribution in [3.63, 3.8) is 0 Å². The summed E-state index contributed by atoms with van der Waals surface area (Å²) in [5.41, 5.74) is 3.47. The van der Waals surface area contributed by atoms with Crippen molar-refractivity contribution in [3.8, 4) is 5.75 Å². The van der Waals surface area contributed by atoms with Crippen LogP contribution in [0.15, 0.2) is 70.9 Å². The van der Waals surface area contributed by atoms with Gasteiger partial charge in [0.1, 0.15) is 23.4 Å². The fourth-order valence-corrected chi connectivity index (χ4v) is 4.62. The van der Waals surface area contributed by atoms with E-state index in [2.05, 4.69) is 6.92 Å². The molecule has 0 radical (unpaired) electrons. The molecule has 6 heteroatoms. The Morgan fingerprint density at radius 1 is 1.12 bits per heavy atom. The lowest BCUT2D eigenvalue weighted by Gasteiger charge is -2.24. The molecule has 1 amide bonds. The summed E-state index contributed by atoms with van der Waals surface area (Å²) in [6, 6.07) is 15.9. The van der Waals surface area contributed by atoms with Crippen LogP contribution in [0.2, 0.25) is 0 Å². The van der Waals surface area contributed by atoms with Crippen LogP contribution < -0.4 is 4.74 Å². The van der Waals surface area contributed by atoms with E-state index in [4.69, 9.17) is 9.15 Å². The number of aryl methyl sites for hydroxylation is 1. The molecule has 2 aromatic carbocycles. The molecule has 6 nitrogen and oxygen atoms in total. The first-order valence-corrected chi connectivity index (χ1v) is 11.2. The maximum atomic E-state index is 13.2. The number of benzene rings is 2. The van der Waals surface area contributed by atoms with Crippen LogP contribution in [-0.4, -0.2) is 27.8 Å². The number of fused-ring (bicyclic) bond motifs is 1. The summed E-state index contributed by atoms with van der Waals surface area (Å²) in [6.45, 7) is 4.18. The Labute approximate surface area is 192 Å². The highest BCUT2D eigenvalue weighted by molar-refractivity contribution is 6.46. The van der Waals surface area contributed by atoms with E-state index in [0.717, 1.165) is 35.3 Å². The van der Waals surface area contributed by atoms with Crippen molar-refractivity contribution in [2.24, 2.45) is 0 Å². The lowest BCUT2D eigenvalue weighted by Crippen LogP contribution is -2.29. The van der Waals surface area contributed by atoms with Gasteiger partial charge in [-0.3, -0.25) is 9.59 Å². The fourth-order valence-electron chi connectivity index (χ4n) is 4.62. The molecule has 5 rings (SSSR count). The molecule has 0 saturated carbocycles. The van der Waals surface area contributed by atoms with Crippen LogP contribution in [0.1, 0.15) is 47.9 Å². The summed E-state index contributed by atoms with van der Waals surface area (Å²) in [4.78, 5) is 27.7. The van der Waals surface area contributed by atoms with Gasteiger partial charge in [-0.15, -0.1) is 0 Å². The van der Waals surface area contributed by atoms with Gasteiger partial charge in [-0.1, -0.05) is 31.2 Å². The van der Waals surface area contributed by atoms with Gasteiger partial charge in [0, 0.05) is 12.0 Å². The maximum absolute atomic E-state index is 13.2. The highest BCUT2D eigenvalue weighted by Gasteiger charge is 2.46. The van der Waals surface area contributed by atoms with E-state index in [1.807, 2.05) is 37.3 Å². The summed E-state index contributed by atoms with van der Waals surface area (Å²) < 4.78 is 11.2. The van der Waals surface area contributed by atoms with Gasteiger partial charge in [0.2, 0.25) is 0 Å². The van der Waals surface area contributed by atoms with E-state index < -0.39 is 17.7 Å². The molecule has 3 aromatic rings. The average molecular weight is 443 g/mol. The summed E-state index contributed by atoms with van der Waals surface area (Å²) in [6.07, 6.45) is 3.20. The zero-order chi connectivity index (χ0) is 23.1. The number of amides is 1. The van der Waals surface area contributed by atoms with Gasteiger partial charge in [0.25, 0.3) is 11.7 Å². The lowest BCUT2D eigenvalue weighted by atomic mass is 9.93. The molecule has 2 unspecified atom stereocenters. The molecule has 1 saturated heterocycles. The SMILES string of the molecule is CCc1ccc(C2C(=C(O)c3ccc4c(c3)CC(C)O4)C(=O)C(=O)N2Cc2ccco2)cc1. The van der Waals surface area contributed by atoms with Crippen LogP contribution in [0.25, 0.3) is 5.76 Å². The maximum Gasteiger partial charge on any atom is 0.296 e. The molecule has 0 spiro atoms. The van der Waals surface area contributed by atoms with Gasteiger partial charge in [-0.2, -0.15) is 0 Å². The molecule has 3 heterocycles. The molecule has 0 aliphatic carbocycles. The smallest absolute Gasteiger partial charge is 0.296 e. The second-order valence-corrected chi connectivity index (χ2v) is 8.56. The molecule has 2 atom stereocenters. The van der Waals surface area contributed by atoms with E-state index in [9.17, 15) is 14.7 Å². The van der Waals surface area contributed by atoms with Crippen LogP contribution in [0.3, 0.4) is 0 Å². The van der Waals surface area contributed by atoms with Crippen LogP contribution in [-0.2, 0) is 29.0 Å². The molecule has 2 aliphatic heterocycles. The second-order valence-electron chi connectivity index (χ2n) is 8.56. The van der Waals surface area contributed by atoms with Gasteiger partial charge in [-0.25, -0.2) is 0 Å². The van der Waals surface area contributed by atoms with E-state index in [-0.39, 0.29) is 24.0 Å². The number of hydrogen-bond donors (Lipinski definition) is 1. The van der Waals surface area contributed by atoms with Gasteiger partial charge in [-0.05, 0) is 60.4 Å². The van der Waals surface area contributed by atoms with Crippen molar-refractivity contribution in [3.05, 3.63) is 94.4 Å². The number of rotatable bonds is 5. The van der Waals surface area contributed by atoms with Crippen molar-refractivity contribution in [1.82, 2.24) is 4.90 Å². The number of furan rings is 1. The molecule has 1 fully saturated rings. The molecule has 33 heavy (non-hydrogen) atoms. The Kier molecular flexibility index (Phi) is 5.29. The zero-order valence-electron chi connectivity index (χ0n) is 18.6. The molecule has 0 bridgehead atoms. The number of ether oxygens (including phenoxy) is 1. The highest BCUT2D eigenvalue weighted by Crippen LogP contribution is 2.41. The predicted molar refractivity (Wildman–Crippen MR) is 123 cm³/mol. The Hall–Kier alpha value is -3.80. The molecule has 1 N–H and O–H groups in total. The Morgan fingerprint density at radius 3 is 2.61 bits per heavy atom. The van der Waals surface area contributed by atoms with Crippen molar-refractivity contribution in [2.75, 3.05) is 0 Å². The third-order valence-electron chi connectivity index (χ3n) is 6.32. The van der Waals surface area contributed by atoms with Gasteiger partial charge >= 0.3 is 0 Å². The van der Waals surface area contributed by atoms with Gasteiger partial charge in [0.05, 0.1) is 24.4 Å². The molecular formula is C27H25NO5. The molecular weight excluding hydrogens is 418 g/mol. The third kappa shape index (κ3) is 3.71. The van der Waals surface area contributed by atoms with Crippen LogP contribution in [0, 0.1) is 0 Å². The first-order chi connectivity index (χ1) is 16.0. The number of aliphatic hydroxyl groups is 1. The van der Waals surface area contributed by atoms with E-state index in [1.54, 1.807) is 24.3 Å². The second kappa shape index (κ2) is 8.28. The summed E-state index contributed by atoms with van der Waals surface area (Å²) in [5.74, 6) is -0.189. The summed E-state index contributed by atoms with van der Waals surface area (Å²) in [7, 11) is 0. The van der Waals surface area contributed by atoms with Crippen LogP contribution in [0.5, 0.6) is 5.75 Å². The van der Waals surface area contributed by atoms with Crippen LogP contribution >= 0.6 is 0 Å². The number of likely N-dealkylation sites (tertiary alicyclic amines) is 1. The molecule has 1 aromatic heterocycles. The molecule has 168 valence electrons. The fraction of sp³-hybridized carbons (Fsp3) is 0.259. The van der Waals surface area contributed by atoms with E-state index >= 15 is 0 Å².